The summed E-state index contributed by atoms with van der Waals surface area (Å²) in [6, 6.07) is 5.60. The molecule has 1 aromatic carbocycles. The van der Waals surface area contributed by atoms with Gasteiger partial charge < -0.3 is 9.84 Å². The third-order valence-corrected chi connectivity index (χ3v) is 3.66. The van der Waals surface area contributed by atoms with Gasteiger partial charge in [-0.3, -0.25) is 4.68 Å². The quantitative estimate of drug-likeness (QED) is 0.937. The Bertz CT molecular complexity index is 559. The van der Waals surface area contributed by atoms with E-state index in [4.69, 9.17) is 16.3 Å². The molecule has 5 heteroatoms. The van der Waals surface area contributed by atoms with Crippen molar-refractivity contribution in [1.29, 1.82) is 0 Å². The van der Waals surface area contributed by atoms with Crippen LogP contribution in [0.25, 0.3) is 0 Å². The molecule has 0 saturated heterocycles. The lowest BCUT2D eigenvalue weighted by Crippen LogP contribution is -2.11. The molecule has 2 rings (SSSR count). The van der Waals surface area contributed by atoms with Gasteiger partial charge in [0.1, 0.15) is 11.8 Å². The van der Waals surface area contributed by atoms with Crippen LogP contribution in [0.3, 0.4) is 0 Å². The topological polar surface area (TPSA) is 47.3 Å². The molecule has 1 atom stereocenters. The first-order valence-corrected chi connectivity index (χ1v) is 6.50. The van der Waals surface area contributed by atoms with Gasteiger partial charge in [0, 0.05) is 17.1 Å². The number of aromatic nitrogens is 2. The number of rotatable bonds is 4. The Kier molecular flexibility index (Phi) is 4.12. The van der Waals surface area contributed by atoms with E-state index in [2.05, 4.69) is 5.10 Å². The van der Waals surface area contributed by atoms with E-state index in [1.165, 1.54) is 0 Å². The van der Waals surface area contributed by atoms with Gasteiger partial charge in [0.05, 0.1) is 13.3 Å². The van der Waals surface area contributed by atoms with Crippen LogP contribution in [0.5, 0.6) is 5.75 Å². The highest BCUT2D eigenvalue weighted by molar-refractivity contribution is 6.32. The number of methoxy groups -OCH3 is 1. The molecule has 0 bridgehead atoms. The molecule has 0 radical (unpaired) electrons. The van der Waals surface area contributed by atoms with Crippen molar-refractivity contribution in [2.24, 2.45) is 0 Å². The molecular formula is C14H17ClN2O2. The lowest BCUT2D eigenvalue weighted by atomic mass is 10.0. The fourth-order valence-corrected chi connectivity index (χ4v) is 2.32. The summed E-state index contributed by atoms with van der Waals surface area (Å²) in [6.07, 6.45) is 0.746. The summed E-state index contributed by atoms with van der Waals surface area (Å²) < 4.78 is 6.96. The molecule has 0 aliphatic heterocycles. The van der Waals surface area contributed by atoms with Crippen molar-refractivity contribution >= 4 is 11.6 Å². The Morgan fingerprint density at radius 2 is 2.21 bits per heavy atom. The van der Waals surface area contributed by atoms with Crippen LogP contribution in [-0.4, -0.2) is 22.0 Å². The SMILES string of the molecule is CCn1ncc(OC)c1C(O)c1cccc(C)c1Cl. The predicted molar refractivity (Wildman–Crippen MR) is 74.7 cm³/mol. The molecule has 1 aromatic heterocycles. The van der Waals surface area contributed by atoms with Gasteiger partial charge in [-0.15, -0.1) is 0 Å². The summed E-state index contributed by atoms with van der Waals surface area (Å²) in [5.41, 5.74) is 2.22. The van der Waals surface area contributed by atoms with E-state index in [1.54, 1.807) is 18.0 Å². The van der Waals surface area contributed by atoms with Gasteiger partial charge in [-0.25, -0.2) is 0 Å². The number of ether oxygens (including phenoxy) is 1. The maximum Gasteiger partial charge on any atom is 0.163 e. The minimum absolute atomic E-state index is 0.562. The van der Waals surface area contributed by atoms with Crippen molar-refractivity contribution in [1.82, 2.24) is 9.78 Å². The molecular weight excluding hydrogens is 264 g/mol. The molecule has 0 aliphatic carbocycles. The van der Waals surface area contributed by atoms with Crippen LogP contribution in [0.15, 0.2) is 24.4 Å². The number of aliphatic hydroxyl groups is 1. The molecule has 102 valence electrons. The van der Waals surface area contributed by atoms with Crippen molar-refractivity contribution < 1.29 is 9.84 Å². The molecule has 1 unspecified atom stereocenters. The van der Waals surface area contributed by atoms with E-state index >= 15 is 0 Å². The van der Waals surface area contributed by atoms with E-state index in [0.717, 1.165) is 5.56 Å². The second kappa shape index (κ2) is 5.63. The summed E-state index contributed by atoms with van der Waals surface area (Å²) in [6.45, 7) is 4.52. The fourth-order valence-electron chi connectivity index (χ4n) is 2.09. The number of aliphatic hydroxyl groups excluding tert-OH is 1. The van der Waals surface area contributed by atoms with Crippen LogP contribution < -0.4 is 4.74 Å². The molecule has 0 fully saturated rings. The summed E-state index contributed by atoms with van der Waals surface area (Å²) in [7, 11) is 1.56. The largest absolute Gasteiger partial charge is 0.493 e. The molecule has 0 saturated carbocycles. The minimum atomic E-state index is -0.857. The van der Waals surface area contributed by atoms with Gasteiger partial charge in [-0.1, -0.05) is 29.8 Å². The Balaban J connectivity index is 2.52. The Labute approximate surface area is 117 Å². The highest BCUT2D eigenvalue weighted by Crippen LogP contribution is 2.34. The van der Waals surface area contributed by atoms with E-state index in [0.29, 0.717) is 28.6 Å². The fraction of sp³-hybridized carbons (Fsp3) is 0.357. The van der Waals surface area contributed by atoms with Crippen LogP contribution >= 0.6 is 11.6 Å². The molecule has 1 heterocycles. The van der Waals surface area contributed by atoms with Crippen LogP contribution in [-0.2, 0) is 6.54 Å². The zero-order valence-corrected chi connectivity index (χ0v) is 12.0. The van der Waals surface area contributed by atoms with Crippen LogP contribution in [0.1, 0.15) is 29.8 Å². The number of nitrogens with zero attached hydrogens (tertiary/aromatic N) is 2. The molecule has 4 nitrogen and oxygen atoms in total. The van der Waals surface area contributed by atoms with Gasteiger partial charge >= 0.3 is 0 Å². The average molecular weight is 281 g/mol. The second-order valence-corrected chi connectivity index (χ2v) is 4.67. The third-order valence-electron chi connectivity index (χ3n) is 3.14. The molecule has 0 spiro atoms. The standard InChI is InChI=1S/C14H17ClN2O2/c1-4-17-13(11(19-3)8-16-17)14(18)10-7-5-6-9(2)12(10)15/h5-8,14,18H,4H2,1-3H3. The zero-order chi connectivity index (χ0) is 14.0. The van der Waals surface area contributed by atoms with Crippen molar-refractivity contribution in [3.05, 3.63) is 46.2 Å². The first-order chi connectivity index (χ1) is 9.10. The first kappa shape index (κ1) is 13.9. The lowest BCUT2D eigenvalue weighted by Gasteiger charge is -2.16. The number of hydrogen-bond donors (Lipinski definition) is 1. The molecule has 19 heavy (non-hydrogen) atoms. The van der Waals surface area contributed by atoms with Gasteiger partial charge in [-0.05, 0) is 19.4 Å². The summed E-state index contributed by atoms with van der Waals surface area (Å²) in [4.78, 5) is 0. The monoisotopic (exact) mass is 280 g/mol. The highest BCUT2D eigenvalue weighted by atomic mass is 35.5. The van der Waals surface area contributed by atoms with Crippen molar-refractivity contribution in [2.75, 3.05) is 7.11 Å². The maximum absolute atomic E-state index is 10.6. The number of benzene rings is 1. The van der Waals surface area contributed by atoms with Gasteiger partial charge in [0.15, 0.2) is 5.75 Å². The number of aryl methyl sites for hydroxylation is 2. The van der Waals surface area contributed by atoms with E-state index in [9.17, 15) is 5.11 Å². The Hall–Kier alpha value is -1.52. The maximum atomic E-state index is 10.6. The smallest absolute Gasteiger partial charge is 0.163 e. The Morgan fingerprint density at radius 3 is 2.84 bits per heavy atom. The van der Waals surface area contributed by atoms with E-state index < -0.39 is 6.10 Å². The van der Waals surface area contributed by atoms with Gasteiger partial charge in [0.25, 0.3) is 0 Å². The van der Waals surface area contributed by atoms with E-state index in [1.807, 2.05) is 32.0 Å². The summed E-state index contributed by atoms with van der Waals surface area (Å²) in [5.74, 6) is 0.562. The normalized spacial score (nSPS) is 12.5. The first-order valence-electron chi connectivity index (χ1n) is 6.12. The lowest BCUT2D eigenvalue weighted by molar-refractivity contribution is 0.202. The van der Waals surface area contributed by atoms with Gasteiger partial charge in [-0.2, -0.15) is 5.10 Å². The van der Waals surface area contributed by atoms with E-state index in [-0.39, 0.29) is 0 Å². The van der Waals surface area contributed by atoms with Crippen molar-refractivity contribution in [2.45, 2.75) is 26.5 Å². The summed E-state index contributed by atoms with van der Waals surface area (Å²) >= 11 is 6.27. The molecule has 1 N–H and O–H groups in total. The van der Waals surface area contributed by atoms with Crippen molar-refractivity contribution in [3.8, 4) is 5.75 Å². The second-order valence-electron chi connectivity index (χ2n) is 4.29. The predicted octanol–water partition coefficient (Wildman–Crippen LogP) is 2.96. The zero-order valence-electron chi connectivity index (χ0n) is 11.2. The van der Waals surface area contributed by atoms with Crippen LogP contribution in [0.2, 0.25) is 5.02 Å². The van der Waals surface area contributed by atoms with Crippen LogP contribution in [0, 0.1) is 6.92 Å². The summed E-state index contributed by atoms with van der Waals surface area (Å²) in [5, 5.41) is 15.3. The number of hydrogen-bond acceptors (Lipinski definition) is 3. The van der Waals surface area contributed by atoms with Crippen molar-refractivity contribution in [3.63, 3.8) is 0 Å². The molecule has 2 aromatic rings. The minimum Gasteiger partial charge on any atom is -0.493 e. The highest BCUT2D eigenvalue weighted by Gasteiger charge is 2.23. The third kappa shape index (κ3) is 2.46. The molecule has 0 aliphatic rings. The van der Waals surface area contributed by atoms with Crippen LogP contribution in [0.4, 0.5) is 0 Å². The number of halogens is 1. The Morgan fingerprint density at radius 1 is 1.47 bits per heavy atom. The molecule has 0 amide bonds. The van der Waals surface area contributed by atoms with Gasteiger partial charge in [0.2, 0.25) is 0 Å². The average Bonchev–Trinajstić information content (AvgIpc) is 2.84.